The number of amides is 1. The topological polar surface area (TPSA) is 55.4 Å². The predicted octanol–water partition coefficient (Wildman–Crippen LogP) is 7.33. The fraction of sp³-hybridized carbons (Fsp3) is 0.379. The summed E-state index contributed by atoms with van der Waals surface area (Å²) in [6, 6.07) is 6.65. The Kier molecular flexibility index (Phi) is 9.65. The lowest BCUT2D eigenvalue weighted by molar-refractivity contribution is -0.111. The summed E-state index contributed by atoms with van der Waals surface area (Å²) in [7, 11) is 0. The molecule has 0 atom stereocenters. The van der Waals surface area contributed by atoms with Gasteiger partial charge in [-0.2, -0.15) is 0 Å². The second kappa shape index (κ2) is 12.2. The minimum absolute atomic E-state index is 0.219. The van der Waals surface area contributed by atoms with Gasteiger partial charge in [0, 0.05) is 11.8 Å². The lowest BCUT2D eigenvalue weighted by Gasteiger charge is -2.32. The number of carbonyl (C=O) groups is 2. The lowest BCUT2D eigenvalue weighted by Crippen LogP contribution is -2.19. The van der Waals surface area contributed by atoms with Crippen LogP contribution in [-0.2, 0) is 9.53 Å². The van der Waals surface area contributed by atoms with Crippen LogP contribution in [0.15, 0.2) is 83.0 Å². The Bertz CT molecular complexity index is 1000. The van der Waals surface area contributed by atoms with Gasteiger partial charge in [0.05, 0.1) is 12.2 Å². The van der Waals surface area contributed by atoms with Crippen LogP contribution in [0.1, 0.15) is 71.2 Å². The van der Waals surface area contributed by atoms with Gasteiger partial charge in [-0.25, -0.2) is 4.79 Å². The van der Waals surface area contributed by atoms with Crippen LogP contribution in [-0.4, -0.2) is 18.5 Å². The third kappa shape index (κ3) is 8.38. The number of hydrogen-bond acceptors (Lipinski definition) is 3. The summed E-state index contributed by atoms with van der Waals surface area (Å²) in [6.45, 7) is 12.9. The molecular formula is C29H37NO3. The average molecular weight is 448 g/mol. The molecule has 4 heteroatoms. The summed E-state index contributed by atoms with van der Waals surface area (Å²) in [6.07, 6.45) is 15.6. The van der Waals surface area contributed by atoms with Crippen molar-refractivity contribution in [1.29, 1.82) is 0 Å². The predicted molar refractivity (Wildman–Crippen MR) is 137 cm³/mol. The zero-order valence-corrected chi connectivity index (χ0v) is 20.8. The summed E-state index contributed by atoms with van der Waals surface area (Å²) >= 11 is 0. The van der Waals surface area contributed by atoms with Gasteiger partial charge in [-0.05, 0) is 87.8 Å². The highest BCUT2D eigenvalue weighted by molar-refractivity contribution is 6.00. The number of carbonyl (C=O) groups excluding carboxylic acids is 2. The first kappa shape index (κ1) is 26.1. The number of ether oxygens (including phenoxy) is 1. The molecular weight excluding hydrogens is 410 g/mol. The zero-order chi connectivity index (χ0) is 24.4. The summed E-state index contributed by atoms with van der Waals surface area (Å²) < 4.78 is 4.96. The normalized spacial score (nSPS) is 17.0. The van der Waals surface area contributed by atoms with E-state index in [0.717, 1.165) is 11.1 Å². The van der Waals surface area contributed by atoms with Crippen molar-refractivity contribution in [3.8, 4) is 0 Å². The van der Waals surface area contributed by atoms with Crippen LogP contribution in [0.3, 0.4) is 0 Å². The Morgan fingerprint density at radius 2 is 1.79 bits per heavy atom. The Morgan fingerprint density at radius 1 is 1.09 bits per heavy atom. The molecule has 1 aromatic carbocycles. The SMILES string of the molecule is CCOC(=O)c1ccc(NC(=O)/C=C(C)/C=C/C=C(C)\C=C\C2=C(C)CCCC2(C)C)cc1. The van der Waals surface area contributed by atoms with E-state index in [4.69, 9.17) is 4.74 Å². The Balaban J connectivity index is 1.94. The first-order valence-corrected chi connectivity index (χ1v) is 11.6. The van der Waals surface area contributed by atoms with Crippen molar-refractivity contribution >= 4 is 17.6 Å². The summed E-state index contributed by atoms with van der Waals surface area (Å²) in [5.41, 5.74) is 6.26. The first-order chi connectivity index (χ1) is 15.6. The molecule has 176 valence electrons. The van der Waals surface area contributed by atoms with Gasteiger partial charge in [0.25, 0.3) is 0 Å². The van der Waals surface area contributed by atoms with Crippen molar-refractivity contribution in [2.45, 2.75) is 60.8 Å². The number of nitrogens with one attached hydrogen (secondary N) is 1. The summed E-state index contributed by atoms with van der Waals surface area (Å²) in [4.78, 5) is 24.0. The Labute approximate surface area is 198 Å². The molecule has 1 aromatic rings. The molecule has 0 unspecified atom stereocenters. The van der Waals surface area contributed by atoms with Crippen LogP contribution in [0.5, 0.6) is 0 Å². The third-order valence-electron chi connectivity index (χ3n) is 5.80. The van der Waals surface area contributed by atoms with E-state index in [1.54, 1.807) is 37.3 Å². The Morgan fingerprint density at radius 3 is 2.42 bits per heavy atom. The number of esters is 1. The van der Waals surface area contributed by atoms with Gasteiger partial charge in [0.2, 0.25) is 5.91 Å². The average Bonchev–Trinajstić information content (AvgIpc) is 2.73. The molecule has 1 aliphatic carbocycles. The van der Waals surface area contributed by atoms with E-state index >= 15 is 0 Å². The van der Waals surface area contributed by atoms with Crippen LogP contribution in [0, 0.1) is 5.41 Å². The van der Waals surface area contributed by atoms with E-state index in [9.17, 15) is 9.59 Å². The molecule has 0 saturated carbocycles. The summed E-state index contributed by atoms with van der Waals surface area (Å²) in [5.74, 6) is -0.590. The van der Waals surface area contributed by atoms with Crippen LogP contribution >= 0.6 is 0 Å². The van der Waals surface area contributed by atoms with Gasteiger partial charge in [-0.15, -0.1) is 0 Å². The van der Waals surface area contributed by atoms with Gasteiger partial charge in [0.1, 0.15) is 0 Å². The van der Waals surface area contributed by atoms with Gasteiger partial charge >= 0.3 is 5.97 Å². The number of benzene rings is 1. The highest BCUT2D eigenvalue weighted by atomic mass is 16.5. The molecule has 1 amide bonds. The molecule has 0 aliphatic heterocycles. The maximum absolute atomic E-state index is 12.3. The maximum atomic E-state index is 12.3. The number of rotatable bonds is 8. The largest absolute Gasteiger partial charge is 0.462 e. The van der Waals surface area contributed by atoms with E-state index in [-0.39, 0.29) is 17.3 Å². The fourth-order valence-corrected chi connectivity index (χ4v) is 3.97. The van der Waals surface area contributed by atoms with E-state index in [0.29, 0.717) is 17.9 Å². The minimum atomic E-state index is -0.372. The van der Waals surface area contributed by atoms with Crippen LogP contribution in [0.25, 0.3) is 0 Å². The molecule has 0 bridgehead atoms. The number of hydrogen-bond donors (Lipinski definition) is 1. The lowest BCUT2D eigenvalue weighted by atomic mass is 9.72. The third-order valence-corrected chi connectivity index (χ3v) is 5.80. The molecule has 1 aliphatic rings. The smallest absolute Gasteiger partial charge is 0.338 e. The van der Waals surface area contributed by atoms with Gasteiger partial charge in [-0.3, -0.25) is 4.79 Å². The van der Waals surface area contributed by atoms with Crippen molar-refractivity contribution in [1.82, 2.24) is 0 Å². The highest BCUT2D eigenvalue weighted by Crippen LogP contribution is 2.40. The maximum Gasteiger partial charge on any atom is 0.338 e. The summed E-state index contributed by atoms with van der Waals surface area (Å²) in [5, 5.41) is 2.81. The van der Waals surface area contributed by atoms with Crippen LogP contribution < -0.4 is 5.32 Å². The zero-order valence-electron chi connectivity index (χ0n) is 20.8. The van der Waals surface area contributed by atoms with Crippen molar-refractivity contribution in [2.24, 2.45) is 5.41 Å². The molecule has 1 N–H and O–H groups in total. The van der Waals surface area contributed by atoms with E-state index in [2.05, 4.69) is 45.2 Å². The fourth-order valence-electron chi connectivity index (χ4n) is 3.97. The molecule has 0 fully saturated rings. The second-order valence-electron chi connectivity index (χ2n) is 9.21. The monoisotopic (exact) mass is 447 g/mol. The van der Waals surface area contributed by atoms with Crippen molar-refractivity contribution in [3.63, 3.8) is 0 Å². The van der Waals surface area contributed by atoms with E-state index in [1.165, 1.54) is 30.4 Å². The first-order valence-electron chi connectivity index (χ1n) is 11.6. The second-order valence-corrected chi connectivity index (χ2v) is 9.21. The molecule has 0 aromatic heterocycles. The molecule has 0 heterocycles. The Hall–Kier alpha value is -3.14. The van der Waals surface area contributed by atoms with Crippen molar-refractivity contribution in [3.05, 3.63) is 88.6 Å². The number of anilines is 1. The van der Waals surface area contributed by atoms with Crippen molar-refractivity contribution in [2.75, 3.05) is 11.9 Å². The number of allylic oxidation sites excluding steroid dienone is 9. The molecule has 0 saturated heterocycles. The van der Waals surface area contributed by atoms with Crippen LogP contribution in [0.4, 0.5) is 5.69 Å². The minimum Gasteiger partial charge on any atom is -0.462 e. The highest BCUT2D eigenvalue weighted by Gasteiger charge is 2.26. The van der Waals surface area contributed by atoms with Gasteiger partial charge < -0.3 is 10.1 Å². The van der Waals surface area contributed by atoms with Gasteiger partial charge in [0.15, 0.2) is 0 Å². The molecule has 0 spiro atoms. The molecule has 0 radical (unpaired) electrons. The molecule has 4 nitrogen and oxygen atoms in total. The molecule has 33 heavy (non-hydrogen) atoms. The van der Waals surface area contributed by atoms with Gasteiger partial charge in [-0.1, -0.05) is 55.4 Å². The standard InChI is InChI=1S/C29H37NO3/c1-7-33-28(32)24-14-16-25(17-15-24)30-27(31)20-22(3)11-8-10-21(2)13-18-26-23(4)12-9-19-29(26,5)6/h8,10-11,13-18,20H,7,9,12,19H2,1-6H3,(H,30,31)/b11-8+,18-13+,21-10-,22-20+. The van der Waals surface area contributed by atoms with Crippen LogP contribution in [0.2, 0.25) is 0 Å². The van der Waals surface area contributed by atoms with Crippen molar-refractivity contribution < 1.29 is 14.3 Å². The van der Waals surface area contributed by atoms with E-state index in [1.807, 2.05) is 25.2 Å². The molecule has 2 rings (SSSR count). The van der Waals surface area contributed by atoms with E-state index < -0.39 is 0 Å². The quantitative estimate of drug-likeness (QED) is 0.258.